The Labute approximate surface area is 180 Å². The molecule has 0 fully saturated rings. The summed E-state index contributed by atoms with van der Waals surface area (Å²) in [5.74, 6) is -5.29. The fourth-order valence-electron chi connectivity index (χ4n) is 1.78. The Kier molecular flexibility index (Phi) is 15.0. The SMILES string of the molecule is CCOP(=O)(OCC)[C@@H](O)[C@@H](O)C(F)(F)F.CCOP(=O)(OCC)[C@H](O)[C@H](O)C(F)(F)F. The molecular weight excluding hydrogens is 504 g/mol. The van der Waals surface area contributed by atoms with Gasteiger partial charge in [-0.1, -0.05) is 0 Å². The van der Waals surface area contributed by atoms with Gasteiger partial charge in [-0.3, -0.25) is 9.13 Å². The molecule has 196 valence electrons. The van der Waals surface area contributed by atoms with E-state index in [2.05, 4.69) is 18.1 Å². The van der Waals surface area contributed by atoms with Gasteiger partial charge in [-0.25, -0.2) is 0 Å². The van der Waals surface area contributed by atoms with Crippen LogP contribution in [0.2, 0.25) is 0 Å². The van der Waals surface area contributed by atoms with Crippen molar-refractivity contribution in [2.75, 3.05) is 26.4 Å². The number of aliphatic hydroxyl groups excluding tert-OH is 4. The van der Waals surface area contributed by atoms with Gasteiger partial charge in [0.1, 0.15) is 0 Å². The lowest BCUT2D eigenvalue weighted by molar-refractivity contribution is -0.221. The molecule has 0 spiro atoms. The number of hydrogen-bond acceptors (Lipinski definition) is 10. The maximum absolute atomic E-state index is 12.1. The van der Waals surface area contributed by atoms with E-state index in [9.17, 15) is 35.5 Å². The molecule has 18 heteroatoms. The quantitative estimate of drug-likeness (QED) is 0.218. The number of halogens is 6. The second-order valence-electron chi connectivity index (χ2n) is 5.55. The lowest BCUT2D eigenvalue weighted by atomic mass is 10.4. The third-order valence-corrected chi connectivity index (χ3v) is 7.45. The third-order valence-electron chi connectivity index (χ3n) is 3.12. The maximum Gasteiger partial charge on any atom is 0.417 e. The van der Waals surface area contributed by atoms with Gasteiger partial charge in [-0.05, 0) is 27.7 Å². The zero-order chi connectivity index (χ0) is 26.0. The Morgan fingerprint density at radius 3 is 0.906 bits per heavy atom. The smallest absolute Gasteiger partial charge is 0.381 e. The van der Waals surface area contributed by atoms with E-state index in [-0.39, 0.29) is 26.4 Å². The molecular formula is C14H28F6O10P2. The molecule has 0 radical (unpaired) electrons. The summed E-state index contributed by atoms with van der Waals surface area (Å²) < 4.78 is 114. The van der Waals surface area contributed by atoms with Crippen molar-refractivity contribution in [1.29, 1.82) is 0 Å². The largest absolute Gasteiger partial charge is 0.417 e. The Balaban J connectivity index is 0. The van der Waals surface area contributed by atoms with Crippen molar-refractivity contribution >= 4 is 15.2 Å². The molecule has 0 aliphatic heterocycles. The summed E-state index contributed by atoms with van der Waals surface area (Å²) in [4.78, 5) is 0. The standard InChI is InChI=1S/2C7H14F3O5P/c2*1-3-14-16(13,15-4-2)6(12)5(11)7(8,9)10/h2*5-6,11-12H,3-4H2,1-2H3/t2*5-,6-/m10/s1. The average molecular weight is 532 g/mol. The molecule has 0 rings (SSSR count). The van der Waals surface area contributed by atoms with E-state index in [0.29, 0.717) is 0 Å². The van der Waals surface area contributed by atoms with Crippen molar-refractivity contribution < 1.29 is 74.0 Å². The topological polar surface area (TPSA) is 152 Å². The molecule has 10 nitrogen and oxygen atoms in total. The van der Waals surface area contributed by atoms with Crippen molar-refractivity contribution in [2.24, 2.45) is 0 Å². The van der Waals surface area contributed by atoms with Crippen molar-refractivity contribution in [3.05, 3.63) is 0 Å². The Hall–Kier alpha value is -0.280. The van der Waals surface area contributed by atoms with Crippen LogP contribution in [0.5, 0.6) is 0 Å². The minimum atomic E-state index is -5.09. The number of alkyl halides is 6. The fraction of sp³-hybridized carbons (Fsp3) is 1.00. The zero-order valence-electron chi connectivity index (χ0n) is 17.5. The first-order chi connectivity index (χ1) is 14.4. The summed E-state index contributed by atoms with van der Waals surface area (Å²) >= 11 is 0. The minimum absolute atomic E-state index is 0.209. The van der Waals surface area contributed by atoms with E-state index in [1.165, 1.54) is 27.7 Å². The summed E-state index contributed by atoms with van der Waals surface area (Å²) in [7, 11) is -8.75. The number of rotatable bonds is 12. The molecule has 0 unspecified atom stereocenters. The highest BCUT2D eigenvalue weighted by Crippen LogP contribution is 2.55. The van der Waals surface area contributed by atoms with Gasteiger partial charge in [-0.15, -0.1) is 0 Å². The normalized spacial score (nSPS) is 17.2. The number of aliphatic hydroxyl groups is 4. The van der Waals surface area contributed by atoms with Crippen LogP contribution in [0, 0.1) is 0 Å². The van der Waals surface area contributed by atoms with Crippen LogP contribution in [0.15, 0.2) is 0 Å². The first-order valence-corrected chi connectivity index (χ1v) is 12.2. The molecule has 0 saturated heterocycles. The van der Waals surface area contributed by atoms with E-state index in [1.807, 2.05) is 0 Å². The second kappa shape index (κ2) is 14.2. The summed E-state index contributed by atoms with van der Waals surface area (Å²) in [5.41, 5.74) is 0. The second-order valence-corrected chi connectivity index (χ2v) is 9.80. The molecule has 0 amide bonds. The highest BCUT2D eigenvalue weighted by atomic mass is 31.2. The van der Waals surface area contributed by atoms with Crippen molar-refractivity contribution in [3.8, 4) is 0 Å². The van der Waals surface area contributed by atoms with Gasteiger partial charge in [0.05, 0.1) is 26.4 Å². The van der Waals surface area contributed by atoms with Gasteiger partial charge < -0.3 is 38.5 Å². The van der Waals surface area contributed by atoms with Crippen LogP contribution >= 0.6 is 15.2 Å². The fourth-order valence-corrected chi connectivity index (χ4v) is 5.01. The molecule has 0 saturated carbocycles. The lowest BCUT2D eigenvalue weighted by Gasteiger charge is -2.26. The highest BCUT2D eigenvalue weighted by molar-refractivity contribution is 7.54. The summed E-state index contributed by atoms with van der Waals surface area (Å²) in [6.07, 6.45) is -16.5. The van der Waals surface area contributed by atoms with Gasteiger partial charge in [-0.2, -0.15) is 26.3 Å². The van der Waals surface area contributed by atoms with Gasteiger partial charge in [0.15, 0.2) is 23.9 Å². The molecule has 0 aromatic carbocycles. The first kappa shape index (κ1) is 33.9. The van der Waals surface area contributed by atoms with E-state index in [1.54, 1.807) is 0 Å². The van der Waals surface area contributed by atoms with Crippen LogP contribution < -0.4 is 0 Å². The third kappa shape index (κ3) is 10.8. The molecule has 4 N–H and O–H groups in total. The van der Waals surface area contributed by atoms with E-state index in [4.69, 9.17) is 20.4 Å². The molecule has 0 aliphatic carbocycles. The predicted octanol–water partition coefficient (Wildman–Crippen LogP) is 2.99. The van der Waals surface area contributed by atoms with Crippen LogP contribution in [0.1, 0.15) is 27.7 Å². The monoisotopic (exact) mass is 532 g/mol. The van der Waals surface area contributed by atoms with Gasteiger partial charge in [0.25, 0.3) is 0 Å². The van der Waals surface area contributed by atoms with Gasteiger partial charge >= 0.3 is 27.5 Å². The molecule has 0 aromatic heterocycles. The predicted molar refractivity (Wildman–Crippen MR) is 97.9 cm³/mol. The molecule has 0 bridgehead atoms. The molecule has 0 aliphatic rings. The van der Waals surface area contributed by atoms with Gasteiger partial charge in [0.2, 0.25) is 0 Å². The lowest BCUT2D eigenvalue weighted by Crippen LogP contribution is -2.40. The summed E-state index contributed by atoms with van der Waals surface area (Å²) in [6.45, 7) is 4.66. The van der Waals surface area contributed by atoms with Crippen LogP contribution in [0.25, 0.3) is 0 Å². The van der Waals surface area contributed by atoms with E-state index in [0.717, 1.165) is 0 Å². The van der Waals surface area contributed by atoms with Crippen molar-refractivity contribution in [1.82, 2.24) is 0 Å². The molecule has 0 aromatic rings. The molecule has 0 heterocycles. The highest BCUT2D eigenvalue weighted by Gasteiger charge is 2.52. The van der Waals surface area contributed by atoms with Crippen molar-refractivity contribution in [2.45, 2.75) is 63.9 Å². The van der Waals surface area contributed by atoms with Gasteiger partial charge in [0, 0.05) is 0 Å². The maximum atomic E-state index is 12.1. The van der Waals surface area contributed by atoms with Crippen LogP contribution in [-0.2, 0) is 27.2 Å². The van der Waals surface area contributed by atoms with E-state index >= 15 is 0 Å². The Morgan fingerprint density at radius 2 is 0.781 bits per heavy atom. The van der Waals surface area contributed by atoms with Crippen LogP contribution in [-0.4, -0.2) is 83.1 Å². The zero-order valence-corrected chi connectivity index (χ0v) is 19.3. The molecule has 4 atom stereocenters. The van der Waals surface area contributed by atoms with Crippen LogP contribution in [0.4, 0.5) is 26.3 Å². The summed E-state index contributed by atoms with van der Waals surface area (Å²) in [6, 6.07) is 0. The molecule has 32 heavy (non-hydrogen) atoms. The minimum Gasteiger partial charge on any atom is -0.381 e. The van der Waals surface area contributed by atoms with Crippen molar-refractivity contribution in [3.63, 3.8) is 0 Å². The van der Waals surface area contributed by atoms with E-state index < -0.39 is 51.4 Å². The Bertz CT molecular complexity index is 546. The Morgan fingerprint density at radius 1 is 0.594 bits per heavy atom. The average Bonchev–Trinajstić information content (AvgIpc) is 2.65. The van der Waals surface area contributed by atoms with Crippen LogP contribution in [0.3, 0.4) is 0 Å². The summed E-state index contributed by atoms with van der Waals surface area (Å²) in [5, 5.41) is 35.8. The number of hydrogen-bond donors (Lipinski definition) is 4. The first-order valence-electron chi connectivity index (χ1n) is 9.01.